The van der Waals surface area contributed by atoms with Crippen LogP contribution in [0, 0.1) is 0 Å². The average molecular weight is 403 g/mol. The SMILES string of the molecule is CC1(C)OB(c2ccc(C(=O)Nc3cccc(Br)n3)cc2)OC1(C)C. The van der Waals surface area contributed by atoms with Crippen molar-refractivity contribution in [3.63, 3.8) is 0 Å². The molecular formula is C18H20BBrN2O3. The summed E-state index contributed by atoms with van der Waals surface area (Å²) in [7, 11) is -0.436. The molecule has 1 fully saturated rings. The Labute approximate surface area is 156 Å². The van der Waals surface area contributed by atoms with Crippen molar-refractivity contribution >= 4 is 40.2 Å². The average Bonchev–Trinajstić information content (AvgIpc) is 2.75. The third-order valence-electron chi connectivity index (χ3n) is 4.65. The Hall–Kier alpha value is -1.70. The fourth-order valence-electron chi connectivity index (χ4n) is 2.44. The molecule has 1 aromatic heterocycles. The lowest BCUT2D eigenvalue weighted by atomic mass is 9.79. The number of hydrogen-bond donors (Lipinski definition) is 1. The summed E-state index contributed by atoms with van der Waals surface area (Å²) in [6.07, 6.45) is 0. The van der Waals surface area contributed by atoms with Crippen LogP contribution in [0.3, 0.4) is 0 Å². The molecule has 0 radical (unpaired) electrons. The number of pyridine rings is 1. The number of anilines is 1. The maximum atomic E-state index is 12.3. The number of hydrogen-bond acceptors (Lipinski definition) is 4. The van der Waals surface area contributed by atoms with Gasteiger partial charge in [-0.1, -0.05) is 18.2 Å². The van der Waals surface area contributed by atoms with Crippen LogP contribution in [0.1, 0.15) is 38.1 Å². The first-order chi connectivity index (χ1) is 11.7. The highest BCUT2D eigenvalue weighted by atomic mass is 79.9. The van der Waals surface area contributed by atoms with E-state index in [1.165, 1.54) is 0 Å². The van der Waals surface area contributed by atoms with Gasteiger partial charge in [0.15, 0.2) is 0 Å². The first-order valence-electron chi connectivity index (χ1n) is 8.07. The van der Waals surface area contributed by atoms with E-state index in [1.807, 2.05) is 45.9 Å². The van der Waals surface area contributed by atoms with Crippen LogP contribution >= 0.6 is 15.9 Å². The number of halogens is 1. The number of aromatic nitrogens is 1. The van der Waals surface area contributed by atoms with Crippen molar-refractivity contribution in [1.82, 2.24) is 4.98 Å². The standard InChI is InChI=1S/C18H20BBrN2O3/c1-17(2)18(3,4)25-19(24-17)13-10-8-12(9-11-13)16(23)22-15-7-5-6-14(20)21-15/h5-11H,1-4H3,(H,21,22,23). The molecule has 7 heteroatoms. The van der Waals surface area contributed by atoms with Gasteiger partial charge in [0.05, 0.1) is 11.2 Å². The van der Waals surface area contributed by atoms with E-state index >= 15 is 0 Å². The fraction of sp³-hybridized carbons (Fsp3) is 0.333. The van der Waals surface area contributed by atoms with Gasteiger partial charge in [-0.25, -0.2) is 4.98 Å². The highest BCUT2D eigenvalue weighted by Crippen LogP contribution is 2.36. The summed E-state index contributed by atoms with van der Waals surface area (Å²) in [4.78, 5) is 16.5. The predicted octanol–water partition coefficient (Wildman–Crippen LogP) is 3.40. The zero-order chi connectivity index (χ0) is 18.2. The van der Waals surface area contributed by atoms with Crippen molar-refractivity contribution in [2.75, 3.05) is 5.32 Å². The van der Waals surface area contributed by atoms with Crippen molar-refractivity contribution in [1.29, 1.82) is 0 Å². The Bertz CT molecular complexity index is 777. The van der Waals surface area contributed by atoms with Crippen molar-refractivity contribution in [2.24, 2.45) is 0 Å². The summed E-state index contributed by atoms with van der Waals surface area (Å²) in [6.45, 7) is 8.05. The molecule has 0 saturated carbocycles. The second kappa shape index (κ2) is 6.55. The van der Waals surface area contributed by atoms with E-state index in [1.54, 1.807) is 24.3 Å². The van der Waals surface area contributed by atoms with Gasteiger partial charge in [0.2, 0.25) is 0 Å². The van der Waals surface area contributed by atoms with Crippen LogP contribution in [0.2, 0.25) is 0 Å². The van der Waals surface area contributed by atoms with E-state index in [4.69, 9.17) is 9.31 Å². The van der Waals surface area contributed by atoms with Gasteiger partial charge in [-0.05, 0) is 73.4 Å². The van der Waals surface area contributed by atoms with E-state index in [0.29, 0.717) is 16.0 Å². The molecule has 2 aromatic rings. The van der Waals surface area contributed by atoms with E-state index in [2.05, 4.69) is 26.2 Å². The van der Waals surface area contributed by atoms with Gasteiger partial charge < -0.3 is 14.6 Å². The Morgan fingerprint density at radius 1 is 1.04 bits per heavy atom. The monoisotopic (exact) mass is 402 g/mol. The lowest BCUT2D eigenvalue weighted by Gasteiger charge is -2.32. The van der Waals surface area contributed by atoms with Crippen LogP contribution < -0.4 is 10.8 Å². The van der Waals surface area contributed by atoms with Crippen LogP contribution in [0.5, 0.6) is 0 Å². The molecule has 1 aliphatic heterocycles. The molecule has 1 saturated heterocycles. The molecule has 0 aliphatic carbocycles. The number of amides is 1. The van der Waals surface area contributed by atoms with E-state index in [0.717, 1.165) is 5.46 Å². The molecule has 1 N–H and O–H groups in total. The number of nitrogens with one attached hydrogen (secondary N) is 1. The molecular weight excluding hydrogens is 383 g/mol. The number of nitrogens with zero attached hydrogens (tertiary/aromatic N) is 1. The quantitative estimate of drug-likeness (QED) is 0.631. The topological polar surface area (TPSA) is 60.5 Å². The van der Waals surface area contributed by atoms with Crippen LogP contribution in [0.25, 0.3) is 0 Å². The summed E-state index contributed by atoms with van der Waals surface area (Å²) >= 11 is 3.28. The largest absolute Gasteiger partial charge is 0.494 e. The molecule has 3 rings (SSSR count). The van der Waals surface area contributed by atoms with Gasteiger partial charge >= 0.3 is 7.12 Å². The number of carbonyl (C=O) groups is 1. The van der Waals surface area contributed by atoms with Crippen molar-refractivity contribution in [3.05, 3.63) is 52.6 Å². The van der Waals surface area contributed by atoms with E-state index < -0.39 is 7.12 Å². The highest BCUT2D eigenvalue weighted by molar-refractivity contribution is 9.10. The number of rotatable bonds is 3. The number of carbonyl (C=O) groups excluding carboxylic acids is 1. The minimum absolute atomic E-state index is 0.217. The molecule has 25 heavy (non-hydrogen) atoms. The van der Waals surface area contributed by atoms with Gasteiger partial charge in [0, 0.05) is 5.56 Å². The normalized spacial score (nSPS) is 18.2. The van der Waals surface area contributed by atoms with Gasteiger partial charge in [-0.3, -0.25) is 4.79 Å². The molecule has 0 bridgehead atoms. The molecule has 130 valence electrons. The number of benzene rings is 1. The zero-order valence-corrected chi connectivity index (χ0v) is 16.3. The van der Waals surface area contributed by atoms with Crippen molar-refractivity contribution in [3.8, 4) is 0 Å². The second-order valence-electron chi connectivity index (χ2n) is 7.01. The molecule has 5 nitrogen and oxygen atoms in total. The molecule has 1 aliphatic rings. The van der Waals surface area contributed by atoms with E-state index in [9.17, 15) is 4.79 Å². The Morgan fingerprint density at radius 2 is 1.64 bits per heavy atom. The van der Waals surface area contributed by atoms with Gasteiger partial charge in [0.1, 0.15) is 10.4 Å². The van der Waals surface area contributed by atoms with Gasteiger partial charge in [-0.15, -0.1) is 0 Å². The molecule has 1 aromatic carbocycles. The molecule has 0 unspecified atom stereocenters. The molecule has 0 spiro atoms. The van der Waals surface area contributed by atoms with Crippen molar-refractivity contribution < 1.29 is 14.1 Å². The third-order valence-corrected chi connectivity index (χ3v) is 5.10. The van der Waals surface area contributed by atoms with Crippen molar-refractivity contribution in [2.45, 2.75) is 38.9 Å². The van der Waals surface area contributed by atoms with Crippen LogP contribution in [-0.2, 0) is 9.31 Å². The van der Waals surface area contributed by atoms with Gasteiger partial charge in [0.25, 0.3) is 5.91 Å². The summed E-state index contributed by atoms with van der Waals surface area (Å²) in [5.74, 6) is 0.278. The summed E-state index contributed by atoms with van der Waals surface area (Å²) < 4.78 is 12.7. The smallest absolute Gasteiger partial charge is 0.399 e. The summed E-state index contributed by atoms with van der Waals surface area (Å²) in [6, 6.07) is 12.6. The van der Waals surface area contributed by atoms with E-state index in [-0.39, 0.29) is 17.1 Å². The predicted molar refractivity (Wildman–Crippen MR) is 102 cm³/mol. The minimum Gasteiger partial charge on any atom is -0.399 e. The lowest BCUT2D eigenvalue weighted by Crippen LogP contribution is -2.41. The summed E-state index contributed by atoms with van der Waals surface area (Å²) in [5, 5.41) is 2.77. The fourth-order valence-corrected chi connectivity index (χ4v) is 2.78. The van der Waals surface area contributed by atoms with Crippen LogP contribution in [0.15, 0.2) is 47.1 Å². The Balaban J connectivity index is 1.71. The van der Waals surface area contributed by atoms with Gasteiger partial charge in [-0.2, -0.15) is 0 Å². The highest BCUT2D eigenvalue weighted by Gasteiger charge is 2.51. The lowest BCUT2D eigenvalue weighted by molar-refractivity contribution is 0.00578. The molecule has 0 atom stereocenters. The second-order valence-corrected chi connectivity index (χ2v) is 7.82. The molecule has 1 amide bonds. The maximum Gasteiger partial charge on any atom is 0.494 e. The first kappa shape index (κ1) is 18.1. The Morgan fingerprint density at radius 3 is 2.20 bits per heavy atom. The Kier molecular flexibility index (Phi) is 4.75. The van der Waals surface area contributed by atoms with Crippen LogP contribution in [-0.4, -0.2) is 29.2 Å². The third kappa shape index (κ3) is 3.78. The minimum atomic E-state index is -0.436. The first-order valence-corrected chi connectivity index (χ1v) is 8.87. The maximum absolute atomic E-state index is 12.3. The zero-order valence-electron chi connectivity index (χ0n) is 14.7. The molecule has 2 heterocycles. The summed E-state index contributed by atoms with van der Waals surface area (Å²) in [5.41, 5.74) is 0.651. The van der Waals surface area contributed by atoms with Crippen LogP contribution in [0.4, 0.5) is 5.82 Å².